The van der Waals surface area contributed by atoms with E-state index in [9.17, 15) is 0 Å². The van der Waals surface area contributed by atoms with Crippen LogP contribution in [0.4, 0.5) is 0 Å². The summed E-state index contributed by atoms with van der Waals surface area (Å²) in [6, 6.07) is 6.01. The molecule has 0 nitrogen and oxygen atoms in total. The molecule has 0 radical (unpaired) electrons. The lowest BCUT2D eigenvalue weighted by Crippen LogP contribution is -1.86. The molecular weight excluding hydrogens is 240 g/mol. The summed E-state index contributed by atoms with van der Waals surface area (Å²) in [4.78, 5) is 0. The zero-order valence-corrected chi connectivity index (χ0v) is 12.6. The fourth-order valence-electron chi connectivity index (χ4n) is 1.50. The second-order valence-corrected chi connectivity index (χ2v) is 4.26. The van der Waals surface area contributed by atoms with Crippen LogP contribution in [0.2, 0.25) is 5.02 Å². The first-order valence-electron chi connectivity index (χ1n) is 6.34. The van der Waals surface area contributed by atoms with Crippen LogP contribution in [0, 0.1) is 6.92 Å². The second kappa shape index (κ2) is 9.73. The molecule has 0 heterocycles. The highest BCUT2D eigenvalue weighted by atomic mass is 35.5. The Balaban J connectivity index is 0.00000137. The number of benzene rings is 1. The molecule has 0 fully saturated rings. The van der Waals surface area contributed by atoms with Gasteiger partial charge in [-0.25, -0.2) is 0 Å². The highest BCUT2D eigenvalue weighted by Gasteiger charge is 1.96. The first-order chi connectivity index (χ1) is 8.63. The molecule has 98 valence electrons. The molecule has 0 aromatic heterocycles. The maximum Gasteiger partial charge on any atom is 0.0408 e. The highest BCUT2D eigenvalue weighted by Crippen LogP contribution is 2.16. The molecule has 0 spiro atoms. The predicted octanol–water partition coefficient (Wildman–Crippen LogP) is 5.91. The molecule has 0 atom stereocenters. The number of rotatable bonds is 4. The highest BCUT2D eigenvalue weighted by molar-refractivity contribution is 6.30. The largest absolute Gasteiger partial charge is 0.0991 e. The van der Waals surface area contributed by atoms with Crippen LogP contribution >= 0.6 is 11.6 Å². The quantitative estimate of drug-likeness (QED) is 0.592. The fourth-order valence-corrected chi connectivity index (χ4v) is 1.73. The van der Waals surface area contributed by atoms with Gasteiger partial charge < -0.3 is 0 Å². The van der Waals surface area contributed by atoms with Crippen LogP contribution in [-0.2, 0) is 6.42 Å². The molecular formula is C17H23Cl. The summed E-state index contributed by atoms with van der Waals surface area (Å²) < 4.78 is 0. The Hall–Kier alpha value is -1.27. The maximum atomic E-state index is 5.90. The van der Waals surface area contributed by atoms with Gasteiger partial charge in [-0.15, -0.1) is 0 Å². The van der Waals surface area contributed by atoms with Gasteiger partial charge in [0.15, 0.2) is 0 Å². The van der Waals surface area contributed by atoms with E-state index in [0.29, 0.717) is 0 Å². The van der Waals surface area contributed by atoms with E-state index in [0.717, 1.165) is 11.4 Å². The number of hydrogen-bond donors (Lipinski definition) is 0. The Labute approximate surface area is 117 Å². The summed E-state index contributed by atoms with van der Waals surface area (Å²) in [6.07, 6.45) is 8.99. The van der Waals surface area contributed by atoms with Gasteiger partial charge in [-0.1, -0.05) is 68.0 Å². The van der Waals surface area contributed by atoms with E-state index in [1.54, 1.807) is 6.08 Å². The van der Waals surface area contributed by atoms with E-state index in [4.69, 9.17) is 11.6 Å². The summed E-state index contributed by atoms with van der Waals surface area (Å²) in [5.41, 5.74) is 3.76. The summed E-state index contributed by atoms with van der Waals surface area (Å²) in [5, 5.41) is 0.799. The van der Waals surface area contributed by atoms with Gasteiger partial charge in [-0.05, 0) is 43.5 Å². The summed E-state index contributed by atoms with van der Waals surface area (Å²) in [5.74, 6) is 0. The molecule has 0 unspecified atom stereocenters. The lowest BCUT2D eigenvalue weighted by atomic mass is 10.1. The van der Waals surface area contributed by atoms with Crippen LogP contribution in [-0.4, -0.2) is 0 Å². The van der Waals surface area contributed by atoms with Crippen molar-refractivity contribution < 1.29 is 0 Å². The van der Waals surface area contributed by atoms with Gasteiger partial charge in [-0.3, -0.25) is 0 Å². The lowest BCUT2D eigenvalue weighted by Gasteiger charge is -2.02. The number of halogens is 1. The van der Waals surface area contributed by atoms with Crippen molar-refractivity contribution in [2.45, 2.75) is 34.1 Å². The van der Waals surface area contributed by atoms with E-state index >= 15 is 0 Å². The number of aryl methyl sites for hydroxylation is 1. The van der Waals surface area contributed by atoms with Gasteiger partial charge in [-0.2, -0.15) is 0 Å². The standard InChI is InChI=1S/C15H17Cl.C2H6/c1-4-6-12(2)7-5-8-14-9-10-15(16)11-13(14)3;1-2/h4-7,9-11H,1,8H2,2-3H3;1-2H3/b7-5-,12-6-;. The van der Waals surface area contributed by atoms with Crippen molar-refractivity contribution in [1.82, 2.24) is 0 Å². The van der Waals surface area contributed by atoms with E-state index in [1.165, 1.54) is 16.7 Å². The summed E-state index contributed by atoms with van der Waals surface area (Å²) >= 11 is 5.90. The van der Waals surface area contributed by atoms with Crippen molar-refractivity contribution in [3.8, 4) is 0 Å². The minimum absolute atomic E-state index is 0.799. The molecule has 1 aromatic carbocycles. The zero-order chi connectivity index (χ0) is 14.0. The predicted molar refractivity (Wildman–Crippen MR) is 84.3 cm³/mol. The lowest BCUT2D eigenvalue weighted by molar-refractivity contribution is 1.21. The Kier molecular flexibility index (Phi) is 9.04. The minimum atomic E-state index is 0.799. The SMILES string of the molecule is C=C/C=C(C)\C=C/Cc1ccc(Cl)cc1C.CC. The minimum Gasteiger partial charge on any atom is -0.0991 e. The molecule has 0 aliphatic heterocycles. The molecule has 0 N–H and O–H groups in total. The molecule has 18 heavy (non-hydrogen) atoms. The Morgan fingerprint density at radius 3 is 2.56 bits per heavy atom. The smallest absolute Gasteiger partial charge is 0.0408 e. The van der Waals surface area contributed by atoms with Gasteiger partial charge >= 0.3 is 0 Å². The van der Waals surface area contributed by atoms with Crippen molar-refractivity contribution in [2.24, 2.45) is 0 Å². The third-order valence-corrected chi connectivity index (χ3v) is 2.64. The summed E-state index contributed by atoms with van der Waals surface area (Å²) in [7, 11) is 0. The number of allylic oxidation sites excluding steroid dienone is 5. The van der Waals surface area contributed by atoms with Gasteiger partial charge in [0.1, 0.15) is 0 Å². The molecule has 0 saturated carbocycles. The van der Waals surface area contributed by atoms with Crippen LogP contribution < -0.4 is 0 Å². The van der Waals surface area contributed by atoms with Crippen molar-refractivity contribution in [1.29, 1.82) is 0 Å². The Morgan fingerprint density at radius 1 is 1.33 bits per heavy atom. The molecule has 0 amide bonds. The molecule has 1 rings (SSSR count). The van der Waals surface area contributed by atoms with Gasteiger partial charge in [0, 0.05) is 5.02 Å². The monoisotopic (exact) mass is 262 g/mol. The summed E-state index contributed by atoms with van der Waals surface area (Å²) in [6.45, 7) is 11.8. The van der Waals surface area contributed by atoms with E-state index < -0.39 is 0 Å². The average molecular weight is 263 g/mol. The van der Waals surface area contributed by atoms with Crippen molar-refractivity contribution in [3.05, 3.63) is 70.8 Å². The topological polar surface area (TPSA) is 0 Å². The van der Waals surface area contributed by atoms with Crippen LogP contribution in [0.3, 0.4) is 0 Å². The molecule has 1 heteroatoms. The van der Waals surface area contributed by atoms with Crippen LogP contribution in [0.25, 0.3) is 0 Å². The van der Waals surface area contributed by atoms with Crippen molar-refractivity contribution in [2.75, 3.05) is 0 Å². The first-order valence-corrected chi connectivity index (χ1v) is 6.72. The molecule has 1 aromatic rings. The molecule has 0 saturated heterocycles. The molecule has 0 aliphatic carbocycles. The van der Waals surface area contributed by atoms with Crippen molar-refractivity contribution in [3.63, 3.8) is 0 Å². The molecule has 0 bridgehead atoms. The van der Waals surface area contributed by atoms with E-state index in [1.807, 2.05) is 32.1 Å². The Bertz CT molecular complexity index is 425. The van der Waals surface area contributed by atoms with Crippen molar-refractivity contribution >= 4 is 11.6 Å². The third kappa shape index (κ3) is 6.46. The first kappa shape index (κ1) is 16.7. The van der Waals surface area contributed by atoms with Gasteiger partial charge in [0.25, 0.3) is 0 Å². The van der Waals surface area contributed by atoms with Crippen LogP contribution in [0.5, 0.6) is 0 Å². The normalized spacial score (nSPS) is 11.1. The number of hydrogen-bond acceptors (Lipinski definition) is 0. The fraction of sp³-hybridized carbons (Fsp3) is 0.294. The van der Waals surface area contributed by atoms with Gasteiger partial charge in [0.05, 0.1) is 0 Å². The van der Waals surface area contributed by atoms with E-state index in [2.05, 4.69) is 38.6 Å². The average Bonchev–Trinajstić information content (AvgIpc) is 2.35. The third-order valence-electron chi connectivity index (χ3n) is 2.40. The van der Waals surface area contributed by atoms with Crippen LogP contribution in [0.15, 0.2) is 54.7 Å². The maximum absolute atomic E-state index is 5.90. The van der Waals surface area contributed by atoms with Gasteiger partial charge in [0.2, 0.25) is 0 Å². The zero-order valence-electron chi connectivity index (χ0n) is 11.8. The molecule has 0 aliphatic rings. The Morgan fingerprint density at radius 2 is 2.00 bits per heavy atom. The van der Waals surface area contributed by atoms with E-state index in [-0.39, 0.29) is 0 Å². The second-order valence-electron chi connectivity index (χ2n) is 3.82. The van der Waals surface area contributed by atoms with Crippen LogP contribution in [0.1, 0.15) is 31.9 Å².